The van der Waals surface area contributed by atoms with Crippen LogP contribution in [0.1, 0.15) is 28.4 Å². The minimum atomic E-state index is 0.130. The van der Waals surface area contributed by atoms with Crippen molar-refractivity contribution < 1.29 is 4.79 Å². The molecule has 17 heavy (non-hydrogen) atoms. The normalized spacial score (nSPS) is 11.2. The van der Waals surface area contributed by atoms with Gasteiger partial charge in [0.15, 0.2) is 5.78 Å². The van der Waals surface area contributed by atoms with Gasteiger partial charge in [0.25, 0.3) is 0 Å². The van der Waals surface area contributed by atoms with E-state index in [1.54, 1.807) is 6.92 Å². The summed E-state index contributed by atoms with van der Waals surface area (Å²) in [7, 11) is 8.14. The van der Waals surface area contributed by atoms with E-state index in [0.717, 1.165) is 18.7 Å². The Labute approximate surface area is 104 Å². The summed E-state index contributed by atoms with van der Waals surface area (Å²) in [6.45, 7) is 3.34. The number of ketones is 1. The summed E-state index contributed by atoms with van der Waals surface area (Å²) < 4.78 is 0. The second kappa shape index (κ2) is 5.94. The lowest BCUT2D eigenvalue weighted by atomic mass is 10.0. The molecule has 0 bridgehead atoms. The predicted molar refractivity (Wildman–Crippen MR) is 71.2 cm³/mol. The minimum absolute atomic E-state index is 0.130. The molecule has 0 saturated heterocycles. The highest BCUT2D eigenvalue weighted by Gasteiger charge is 2.06. The number of rotatable bonds is 5. The Morgan fingerprint density at radius 1 is 0.941 bits per heavy atom. The molecule has 0 aliphatic heterocycles. The van der Waals surface area contributed by atoms with Crippen molar-refractivity contribution in [1.82, 2.24) is 9.80 Å². The second-order valence-electron chi connectivity index (χ2n) is 5.07. The zero-order valence-electron chi connectivity index (χ0n) is 11.4. The van der Waals surface area contributed by atoms with Crippen LogP contribution in [0.25, 0.3) is 0 Å². The van der Waals surface area contributed by atoms with E-state index in [1.807, 2.05) is 40.3 Å². The average Bonchev–Trinajstić information content (AvgIpc) is 2.14. The topological polar surface area (TPSA) is 23.6 Å². The molecule has 0 radical (unpaired) electrons. The van der Waals surface area contributed by atoms with Crippen LogP contribution in [0.3, 0.4) is 0 Å². The molecule has 0 unspecified atom stereocenters. The monoisotopic (exact) mass is 234 g/mol. The molecule has 94 valence electrons. The summed E-state index contributed by atoms with van der Waals surface area (Å²) in [5.74, 6) is 0.130. The van der Waals surface area contributed by atoms with Crippen molar-refractivity contribution in [3.05, 3.63) is 34.9 Å². The lowest BCUT2D eigenvalue weighted by Crippen LogP contribution is -2.14. The van der Waals surface area contributed by atoms with Crippen LogP contribution in [-0.4, -0.2) is 43.8 Å². The van der Waals surface area contributed by atoms with E-state index in [9.17, 15) is 4.79 Å². The van der Waals surface area contributed by atoms with Crippen molar-refractivity contribution in [1.29, 1.82) is 0 Å². The molecule has 0 spiro atoms. The van der Waals surface area contributed by atoms with Gasteiger partial charge >= 0.3 is 0 Å². The lowest BCUT2D eigenvalue weighted by molar-refractivity contribution is 0.101. The summed E-state index contributed by atoms with van der Waals surface area (Å²) >= 11 is 0. The molecule has 0 saturated carbocycles. The highest BCUT2D eigenvalue weighted by atomic mass is 16.1. The van der Waals surface area contributed by atoms with Gasteiger partial charge in [0.1, 0.15) is 0 Å². The van der Waals surface area contributed by atoms with Crippen LogP contribution in [0, 0.1) is 0 Å². The molecular weight excluding hydrogens is 212 g/mol. The fourth-order valence-corrected chi connectivity index (χ4v) is 1.88. The molecular formula is C14H22N2O. The predicted octanol–water partition coefficient (Wildman–Crippen LogP) is 2.01. The average molecular weight is 234 g/mol. The Hall–Kier alpha value is -1.19. The molecule has 0 heterocycles. The van der Waals surface area contributed by atoms with Crippen molar-refractivity contribution >= 4 is 5.78 Å². The SMILES string of the molecule is CC(=O)c1cc(CN(C)C)cc(CN(C)C)c1. The molecule has 0 N–H and O–H groups in total. The molecule has 1 aromatic carbocycles. The van der Waals surface area contributed by atoms with E-state index in [1.165, 1.54) is 11.1 Å². The maximum absolute atomic E-state index is 11.5. The molecule has 1 aromatic rings. The van der Waals surface area contributed by atoms with Crippen molar-refractivity contribution in [3.63, 3.8) is 0 Å². The quantitative estimate of drug-likeness (QED) is 0.728. The Balaban J connectivity index is 3.04. The van der Waals surface area contributed by atoms with Gasteiger partial charge in [-0.05, 0) is 58.4 Å². The van der Waals surface area contributed by atoms with Crippen LogP contribution < -0.4 is 0 Å². The number of carbonyl (C=O) groups excluding carboxylic acids is 1. The molecule has 1 rings (SSSR count). The Morgan fingerprint density at radius 2 is 1.35 bits per heavy atom. The van der Waals surface area contributed by atoms with Crippen LogP contribution in [0.2, 0.25) is 0 Å². The van der Waals surface area contributed by atoms with Gasteiger partial charge in [-0.3, -0.25) is 4.79 Å². The summed E-state index contributed by atoms with van der Waals surface area (Å²) in [5, 5.41) is 0. The summed E-state index contributed by atoms with van der Waals surface area (Å²) in [4.78, 5) is 15.7. The number of hydrogen-bond donors (Lipinski definition) is 0. The van der Waals surface area contributed by atoms with Gasteiger partial charge in [0, 0.05) is 18.7 Å². The standard InChI is InChI=1S/C14H22N2O/c1-11(17)14-7-12(9-15(2)3)6-13(8-14)10-16(4)5/h6-8H,9-10H2,1-5H3. The third-order valence-electron chi connectivity index (χ3n) is 2.46. The first-order valence-electron chi connectivity index (χ1n) is 5.81. The van der Waals surface area contributed by atoms with Crippen molar-refractivity contribution in [2.75, 3.05) is 28.2 Å². The second-order valence-corrected chi connectivity index (χ2v) is 5.07. The number of benzene rings is 1. The molecule has 3 nitrogen and oxygen atoms in total. The fraction of sp³-hybridized carbons (Fsp3) is 0.500. The van der Waals surface area contributed by atoms with E-state index < -0.39 is 0 Å². The molecule has 0 fully saturated rings. The van der Waals surface area contributed by atoms with Crippen LogP contribution in [0.5, 0.6) is 0 Å². The van der Waals surface area contributed by atoms with Gasteiger partial charge < -0.3 is 9.80 Å². The van der Waals surface area contributed by atoms with E-state index >= 15 is 0 Å². The van der Waals surface area contributed by atoms with Gasteiger partial charge in [-0.25, -0.2) is 0 Å². The number of nitrogens with zero attached hydrogens (tertiary/aromatic N) is 2. The molecule has 0 atom stereocenters. The van der Waals surface area contributed by atoms with Gasteiger partial charge in [-0.15, -0.1) is 0 Å². The first-order valence-corrected chi connectivity index (χ1v) is 5.81. The van der Waals surface area contributed by atoms with Crippen molar-refractivity contribution in [3.8, 4) is 0 Å². The first kappa shape index (κ1) is 13.9. The molecule has 0 aliphatic carbocycles. The maximum atomic E-state index is 11.5. The van der Waals surface area contributed by atoms with Gasteiger partial charge in [-0.1, -0.05) is 6.07 Å². The maximum Gasteiger partial charge on any atom is 0.159 e. The van der Waals surface area contributed by atoms with E-state index in [2.05, 4.69) is 15.9 Å². The third-order valence-corrected chi connectivity index (χ3v) is 2.46. The molecule has 0 amide bonds. The van der Waals surface area contributed by atoms with E-state index in [0.29, 0.717) is 0 Å². The summed E-state index contributed by atoms with van der Waals surface area (Å²) in [6.07, 6.45) is 0. The minimum Gasteiger partial charge on any atom is -0.305 e. The smallest absolute Gasteiger partial charge is 0.159 e. The molecule has 0 aliphatic rings. The Kier molecular flexibility index (Phi) is 4.85. The lowest BCUT2D eigenvalue weighted by Gasteiger charge is -2.15. The zero-order valence-corrected chi connectivity index (χ0v) is 11.4. The Morgan fingerprint density at radius 3 is 1.65 bits per heavy atom. The highest BCUT2D eigenvalue weighted by molar-refractivity contribution is 5.94. The summed E-state index contributed by atoms with van der Waals surface area (Å²) in [5.41, 5.74) is 3.19. The van der Waals surface area contributed by atoms with Crippen molar-refractivity contribution in [2.24, 2.45) is 0 Å². The Bertz CT molecular complexity index is 369. The number of carbonyl (C=O) groups is 1. The van der Waals surface area contributed by atoms with Crippen LogP contribution in [0.15, 0.2) is 18.2 Å². The van der Waals surface area contributed by atoms with E-state index in [4.69, 9.17) is 0 Å². The third kappa shape index (κ3) is 4.67. The van der Waals surface area contributed by atoms with Crippen LogP contribution in [0.4, 0.5) is 0 Å². The van der Waals surface area contributed by atoms with E-state index in [-0.39, 0.29) is 5.78 Å². The zero-order chi connectivity index (χ0) is 13.0. The van der Waals surface area contributed by atoms with Crippen LogP contribution >= 0.6 is 0 Å². The molecule has 0 aromatic heterocycles. The van der Waals surface area contributed by atoms with Gasteiger partial charge in [0.05, 0.1) is 0 Å². The molecule has 3 heteroatoms. The van der Waals surface area contributed by atoms with Gasteiger partial charge in [-0.2, -0.15) is 0 Å². The highest BCUT2D eigenvalue weighted by Crippen LogP contribution is 2.13. The summed E-state index contributed by atoms with van der Waals surface area (Å²) in [6, 6.07) is 6.15. The van der Waals surface area contributed by atoms with Gasteiger partial charge in [0.2, 0.25) is 0 Å². The fourth-order valence-electron chi connectivity index (χ4n) is 1.88. The first-order chi connectivity index (χ1) is 7.88. The van der Waals surface area contributed by atoms with Crippen molar-refractivity contribution in [2.45, 2.75) is 20.0 Å². The number of Topliss-reactive ketones (excluding diaryl/α,β-unsaturated/α-hetero) is 1. The largest absolute Gasteiger partial charge is 0.305 e. The number of hydrogen-bond acceptors (Lipinski definition) is 3. The van der Waals surface area contributed by atoms with Crippen LogP contribution in [-0.2, 0) is 13.1 Å².